The predicted molar refractivity (Wildman–Crippen MR) is 83.8 cm³/mol. The van der Waals surface area contributed by atoms with E-state index >= 15 is 0 Å². The molecule has 0 unspecified atom stereocenters. The maximum absolute atomic E-state index is 12.6. The van der Waals surface area contributed by atoms with Crippen molar-refractivity contribution in [2.45, 2.75) is 6.67 Å². The third-order valence-electron chi connectivity index (χ3n) is 3.48. The molecule has 0 aliphatic rings. The molecule has 0 radical (unpaired) electrons. The summed E-state index contributed by atoms with van der Waals surface area (Å²) < 4.78 is 15.1. The van der Waals surface area contributed by atoms with Crippen LogP contribution in [0, 0.1) is 0 Å². The second-order valence-corrected chi connectivity index (χ2v) is 5.17. The van der Waals surface area contributed by atoms with Gasteiger partial charge in [0, 0.05) is 12.6 Å². The highest BCUT2D eigenvalue weighted by atomic mass is 19.1. The van der Waals surface area contributed by atoms with Crippen molar-refractivity contribution in [2.75, 3.05) is 0 Å². The van der Waals surface area contributed by atoms with Crippen LogP contribution in [-0.4, -0.2) is 30.6 Å². The first-order valence-electron chi connectivity index (χ1n) is 7.01. The van der Waals surface area contributed by atoms with Gasteiger partial charge in [-0.05, 0) is 11.6 Å². The molecule has 2 aromatic heterocycles. The summed E-state index contributed by atoms with van der Waals surface area (Å²) in [5, 5.41) is 17.5. The summed E-state index contributed by atoms with van der Waals surface area (Å²) in [6, 6.07) is 7.62. The molecule has 0 amide bonds. The van der Waals surface area contributed by atoms with Gasteiger partial charge in [-0.2, -0.15) is 14.9 Å². The Balaban J connectivity index is 2.21. The summed E-state index contributed by atoms with van der Waals surface area (Å²) in [7, 11) is 1.67. The second kappa shape index (κ2) is 6.07. The quantitative estimate of drug-likeness (QED) is 0.789. The maximum atomic E-state index is 12.6. The Kier molecular flexibility index (Phi) is 3.95. The van der Waals surface area contributed by atoms with E-state index in [0.29, 0.717) is 22.5 Å². The zero-order valence-electron chi connectivity index (χ0n) is 12.7. The number of carboxylic acids is 1. The summed E-state index contributed by atoms with van der Waals surface area (Å²) in [5.41, 5.74) is 0.566. The highest BCUT2D eigenvalue weighted by molar-refractivity contribution is 5.88. The fourth-order valence-electron chi connectivity index (χ4n) is 2.25. The lowest BCUT2D eigenvalue weighted by Gasteiger charge is -2.08. The van der Waals surface area contributed by atoms with Gasteiger partial charge in [0.2, 0.25) is 0 Å². The summed E-state index contributed by atoms with van der Waals surface area (Å²) >= 11 is 0. The van der Waals surface area contributed by atoms with Crippen molar-refractivity contribution in [2.24, 2.45) is 7.05 Å². The van der Waals surface area contributed by atoms with Crippen LogP contribution in [-0.2, 0) is 13.7 Å². The molecule has 1 N–H and O–H groups in total. The Labute approximate surface area is 135 Å². The Morgan fingerprint density at radius 2 is 2.00 bits per heavy atom. The van der Waals surface area contributed by atoms with Crippen LogP contribution in [0.5, 0.6) is 0 Å². The minimum absolute atomic E-state index is 0.293. The molecule has 24 heavy (non-hydrogen) atoms. The molecule has 0 saturated heterocycles. The fourth-order valence-corrected chi connectivity index (χ4v) is 2.25. The monoisotopic (exact) mass is 328 g/mol. The normalized spacial score (nSPS) is 10.8. The molecule has 0 saturated carbocycles. The van der Waals surface area contributed by atoms with Gasteiger partial charge in [-0.25, -0.2) is 9.18 Å². The van der Waals surface area contributed by atoms with Crippen LogP contribution in [0.15, 0.2) is 47.5 Å². The Morgan fingerprint density at radius 3 is 2.54 bits per heavy atom. The maximum Gasteiger partial charge on any atom is 0.341 e. The molecule has 0 fully saturated rings. The molecule has 3 aromatic rings. The summed E-state index contributed by atoms with van der Waals surface area (Å²) in [4.78, 5) is 23.7. The lowest BCUT2D eigenvalue weighted by molar-refractivity contribution is 0.0694. The molecular weight excluding hydrogens is 315 g/mol. The SMILES string of the molecule is Cn1cc(-n2nc(-c3ccc(CF)cc3)cc(C(=O)O)c2=O)cn1. The zero-order valence-corrected chi connectivity index (χ0v) is 12.7. The summed E-state index contributed by atoms with van der Waals surface area (Å²) in [6.07, 6.45) is 2.96. The first-order chi connectivity index (χ1) is 11.5. The van der Waals surface area contributed by atoms with E-state index < -0.39 is 23.8 Å². The number of hydrogen-bond acceptors (Lipinski definition) is 4. The first-order valence-corrected chi connectivity index (χ1v) is 7.01. The van der Waals surface area contributed by atoms with Gasteiger partial charge in [0.15, 0.2) is 0 Å². The van der Waals surface area contributed by atoms with E-state index in [2.05, 4.69) is 10.2 Å². The molecule has 2 heterocycles. The average Bonchev–Trinajstić information content (AvgIpc) is 3.01. The van der Waals surface area contributed by atoms with E-state index in [1.807, 2.05) is 0 Å². The van der Waals surface area contributed by atoms with Crippen molar-refractivity contribution in [3.63, 3.8) is 0 Å². The molecule has 0 aliphatic carbocycles. The lowest BCUT2D eigenvalue weighted by atomic mass is 10.1. The number of rotatable bonds is 4. The third kappa shape index (κ3) is 2.81. The molecule has 122 valence electrons. The van der Waals surface area contributed by atoms with Gasteiger partial charge in [0.25, 0.3) is 5.56 Å². The number of halogens is 1. The largest absolute Gasteiger partial charge is 0.477 e. The van der Waals surface area contributed by atoms with Gasteiger partial charge in [-0.15, -0.1) is 0 Å². The molecule has 0 aliphatic heterocycles. The van der Waals surface area contributed by atoms with Gasteiger partial charge in [0.05, 0.1) is 18.1 Å². The molecule has 1 aromatic carbocycles. The topological polar surface area (TPSA) is 90.0 Å². The Hall–Kier alpha value is -3.29. The van der Waals surface area contributed by atoms with Crippen LogP contribution in [0.3, 0.4) is 0 Å². The second-order valence-electron chi connectivity index (χ2n) is 5.17. The van der Waals surface area contributed by atoms with E-state index in [0.717, 1.165) is 4.68 Å². The van der Waals surface area contributed by atoms with E-state index in [1.165, 1.54) is 16.9 Å². The van der Waals surface area contributed by atoms with Gasteiger partial charge >= 0.3 is 5.97 Å². The first kappa shape index (κ1) is 15.6. The van der Waals surface area contributed by atoms with E-state index in [-0.39, 0.29) is 0 Å². The number of benzene rings is 1. The summed E-state index contributed by atoms with van der Waals surface area (Å²) in [6.45, 7) is -0.594. The zero-order chi connectivity index (χ0) is 17.3. The Morgan fingerprint density at radius 1 is 1.29 bits per heavy atom. The Bertz CT molecular complexity index is 960. The minimum atomic E-state index is -1.35. The van der Waals surface area contributed by atoms with Crippen molar-refractivity contribution < 1.29 is 14.3 Å². The van der Waals surface area contributed by atoms with Crippen LogP contribution >= 0.6 is 0 Å². The summed E-state index contributed by atoms with van der Waals surface area (Å²) in [5.74, 6) is -1.35. The van der Waals surface area contributed by atoms with Crippen molar-refractivity contribution >= 4 is 5.97 Å². The number of nitrogens with zero attached hydrogens (tertiary/aromatic N) is 4. The van der Waals surface area contributed by atoms with Crippen LogP contribution in [0.1, 0.15) is 15.9 Å². The average molecular weight is 328 g/mol. The lowest BCUT2D eigenvalue weighted by Crippen LogP contribution is -2.27. The van der Waals surface area contributed by atoms with Gasteiger partial charge < -0.3 is 5.11 Å². The van der Waals surface area contributed by atoms with E-state index in [1.54, 1.807) is 37.5 Å². The van der Waals surface area contributed by atoms with Crippen LogP contribution in [0.4, 0.5) is 4.39 Å². The molecular formula is C16H13FN4O3. The highest BCUT2D eigenvalue weighted by Crippen LogP contribution is 2.19. The minimum Gasteiger partial charge on any atom is -0.477 e. The van der Waals surface area contributed by atoms with Crippen LogP contribution in [0.2, 0.25) is 0 Å². The van der Waals surface area contributed by atoms with Crippen molar-refractivity contribution in [3.8, 4) is 16.9 Å². The van der Waals surface area contributed by atoms with Crippen molar-refractivity contribution in [3.05, 3.63) is 64.2 Å². The molecule has 7 nitrogen and oxygen atoms in total. The number of carbonyl (C=O) groups is 1. The number of hydrogen-bond donors (Lipinski definition) is 1. The van der Waals surface area contributed by atoms with Crippen molar-refractivity contribution in [1.82, 2.24) is 19.6 Å². The predicted octanol–water partition coefficient (Wildman–Crippen LogP) is 1.80. The molecule has 0 bridgehead atoms. The number of alkyl halides is 1. The highest BCUT2D eigenvalue weighted by Gasteiger charge is 2.17. The number of aromatic carboxylic acids is 1. The van der Waals surface area contributed by atoms with Gasteiger partial charge in [-0.3, -0.25) is 9.48 Å². The third-order valence-corrected chi connectivity index (χ3v) is 3.48. The number of aryl methyl sites for hydroxylation is 1. The molecule has 0 atom stereocenters. The van der Waals surface area contributed by atoms with Crippen LogP contribution in [0.25, 0.3) is 16.9 Å². The van der Waals surface area contributed by atoms with E-state index in [4.69, 9.17) is 0 Å². The fraction of sp³-hybridized carbons (Fsp3) is 0.125. The van der Waals surface area contributed by atoms with Crippen LogP contribution < -0.4 is 5.56 Å². The molecule has 3 rings (SSSR count). The van der Waals surface area contributed by atoms with Crippen molar-refractivity contribution in [1.29, 1.82) is 0 Å². The smallest absolute Gasteiger partial charge is 0.341 e. The standard InChI is InChI=1S/C16H13FN4O3/c1-20-9-12(8-18-20)21-15(22)13(16(23)24)6-14(19-21)11-4-2-10(7-17)3-5-11/h2-6,8-9H,7H2,1H3,(H,23,24). The van der Waals surface area contributed by atoms with Gasteiger partial charge in [-0.1, -0.05) is 24.3 Å². The number of aromatic nitrogens is 4. The molecule has 0 spiro atoms. The number of carboxylic acid groups (broad SMARTS) is 1. The molecule has 8 heteroatoms. The van der Waals surface area contributed by atoms with E-state index in [9.17, 15) is 19.1 Å². The van der Waals surface area contributed by atoms with Gasteiger partial charge in [0.1, 0.15) is 17.9 Å².